The zero-order valence-corrected chi connectivity index (χ0v) is 9.61. The molecule has 0 aliphatic carbocycles. The fraction of sp³-hybridized carbons (Fsp3) is 0.900. The number of amides is 1. The van der Waals surface area contributed by atoms with E-state index in [1.807, 2.05) is 19.0 Å². The van der Waals surface area contributed by atoms with Gasteiger partial charge in [-0.25, -0.2) is 0 Å². The van der Waals surface area contributed by atoms with E-state index in [-0.39, 0.29) is 18.6 Å². The largest absolute Gasteiger partial charge is 0.369 e. The Labute approximate surface area is 91.2 Å². The number of hydrogen-bond acceptors (Lipinski definition) is 4. The molecule has 1 aliphatic heterocycles. The Hall–Kier alpha value is -0.650. The number of morpholine rings is 1. The topological polar surface area (TPSA) is 58.8 Å². The van der Waals surface area contributed by atoms with Crippen molar-refractivity contribution in [3.63, 3.8) is 0 Å². The van der Waals surface area contributed by atoms with Crippen LogP contribution in [-0.4, -0.2) is 68.7 Å². The number of likely N-dealkylation sites (N-methyl/N-ethyl adjacent to an activating group) is 1. The summed E-state index contributed by atoms with van der Waals surface area (Å²) < 4.78 is 5.22. The molecule has 0 radical (unpaired) electrons. The minimum absolute atomic E-state index is 0.0848. The minimum atomic E-state index is 0.0848. The van der Waals surface area contributed by atoms with Crippen LogP contribution in [0.2, 0.25) is 0 Å². The molecule has 0 aromatic rings. The highest BCUT2D eigenvalue weighted by Crippen LogP contribution is 2.10. The van der Waals surface area contributed by atoms with Crippen LogP contribution in [0.1, 0.15) is 6.42 Å². The van der Waals surface area contributed by atoms with E-state index >= 15 is 0 Å². The first-order valence-electron chi connectivity index (χ1n) is 5.37. The smallest absolute Gasteiger partial charge is 0.248 e. The maximum Gasteiger partial charge on any atom is 0.248 e. The molecule has 1 amide bonds. The normalized spacial score (nSPS) is 22.5. The Morgan fingerprint density at radius 3 is 2.93 bits per heavy atom. The summed E-state index contributed by atoms with van der Waals surface area (Å²) in [4.78, 5) is 15.6. The van der Waals surface area contributed by atoms with Crippen LogP contribution >= 0.6 is 0 Å². The fourth-order valence-electron chi connectivity index (χ4n) is 1.71. The predicted molar refractivity (Wildman–Crippen MR) is 58.5 cm³/mol. The highest BCUT2D eigenvalue weighted by atomic mass is 16.5. The number of nitrogens with two attached hydrogens (primary N) is 1. The molecule has 1 rings (SSSR count). The van der Waals surface area contributed by atoms with Gasteiger partial charge in [0.1, 0.15) is 6.61 Å². The van der Waals surface area contributed by atoms with Crippen molar-refractivity contribution in [3.05, 3.63) is 0 Å². The molecule has 5 nitrogen and oxygen atoms in total. The van der Waals surface area contributed by atoms with Crippen LogP contribution in [0.4, 0.5) is 0 Å². The van der Waals surface area contributed by atoms with Crippen LogP contribution in [0, 0.1) is 0 Å². The number of rotatable bonds is 5. The lowest BCUT2D eigenvalue weighted by Gasteiger charge is -2.36. The summed E-state index contributed by atoms with van der Waals surface area (Å²) in [5.41, 5.74) is 5.52. The number of carbonyl (C=O) groups is 1. The van der Waals surface area contributed by atoms with Crippen molar-refractivity contribution < 1.29 is 9.53 Å². The molecule has 88 valence electrons. The number of ether oxygens (including phenoxy) is 1. The second-order valence-electron chi connectivity index (χ2n) is 4.14. The average molecular weight is 215 g/mol. The third-order valence-corrected chi connectivity index (χ3v) is 2.58. The van der Waals surface area contributed by atoms with Gasteiger partial charge in [-0.2, -0.15) is 0 Å². The standard InChI is InChI=1S/C10H21N3O2/c1-12(2)5-6-13-9(3-4-11)7-15-8-10(13)14/h9H,3-8,11H2,1-2H3. The van der Waals surface area contributed by atoms with E-state index in [1.165, 1.54) is 0 Å². The van der Waals surface area contributed by atoms with Crippen LogP contribution in [-0.2, 0) is 9.53 Å². The molecule has 0 saturated carbocycles. The van der Waals surface area contributed by atoms with Crippen molar-refractivity contribution in [2.24, 2.45) is 5.73 Å². The molecular weight excluding hydrogens is 194 g/mol. The van der Waals surface area contributed by atoms with Gasteiger partial charge in [-0.15, -0.1) is 0 Å². The zero-order valence-electron chi connectivity index (χ0n) is 9.61. The van der Waals surface area contributed by atoms with Crippen LogP contribution in [0.3, 0.4) is 0 Å². The van der Waals surface area contributed by atoms with Crippen molar-refractivity contribution in [2.45, 2.75) is 12.5 Å². The van der Waals surface area contributed by atoms with Crippen molar-refractivity contribution in [2.75, 3.05) is 46.9 Å². The van der Waals surface area contributed by atoms with Gasteiger partial charge in [-0.3, -0.25) is 4.79 Å². The molecule has 0 aromatic heterocycles. The van der Waals surface area contributed by atoms with Gasteiger partial charge in [0.2, 0.25) is 5.91 Å². The Kier molecular flexibility index (Phi) is 5.01. The first-order chi connectivity index (χ1) is 7.15. The first-order valence-corrected chi connectivity index (χ1v) is 5.37. The van der Waals surface area contributed by atoms with Crippen LogP contribution in [0.25, 0.3) is 0 Å². The predicted octanol–water partition coefficient (Wildman–Crippen LogP) is -0.876. The highest BCUT2D eigenvalue weighted by molar-refractivity contribution is 5.78. The summed E-state index contributed by atoms with van der Waals surface area (Å²) in [5.74, 6) is 0.0848. The molecule has 0 aromatic carbocycles. The second-order valence-corrected chi connectivity index (χ2v) is 4.14. The molecule has 5 heteroatoms. The van der Waals surface area contributed by atoms with Gasteiger partial charge in [0, 0.05) is 13.1 Å². The van der Waals surface area contributed by atoms with Gasteiger partial charge in [0.05, 0.1) is 12.6 Å². The van der Waals surface area contributed by atoms with Crippen LogP contribution in [0.5, 0.6) is 0 Å². The van der Waals surface area contributed by atoms with E-state index in [2.05, 4.69) is 4.90 Å². The molecule has 1 aliphatic rings. The van der Waals surface area contributed by atoms with Crippen molar-refractivity contribution >= 4 is 5.91 Å². The molecule has 1 fully saturated rings. The fourth-order valence-corrected chi connectivity index (χ4v) is 1.71. The van der Waals surface area contributed by atoms with E-state index in [1.54, 1.807) is 0 Å². The van der Waals surface area contributed by atoms with Crippen molar-refractivity contribution in [1.29, 1.82) is 0 Å². The summed E-state index contributed by atoms with van der Waals surface area (Å²) in [6.45, 7) is 3.08. The molecule has 1 heterocycles. The van der Waals surface area contributed by atoms with Crippen molar-refractivity contribution in [3.8, 4) is 0 Å². The summed E-state index contributed by atoms with van der Waals surface area (Å²) >= 11 is 0. The molecular formula is C10H21N3O2. The highest BCUT2D eigenvalue weighted by Gasteiger charge is 2.27. The van der Waals surface area contributed by atoms with Gasteiger partial charge in [0.15, 0.2) is 0 Å². The van der Waals surface area contributed by atoms with E-state index in [9.17, 15) is 4.79 Å². The van der Waals surface area contributed by atoms with Gasteiger partial charge in [-0.1, -0.05) is 0 Å². The number of hydrogen-bond donors (Lipinski definition) is 1. The van der Waals surface area contributed by atoms with Crippen LogP contribution < -0.4 is 5.73 Å². The Bertz CT molecular complexity index is 207. The summed E-state index contributed by atoms with van der Waals surface area (Å²) in [6, 6.07) is 0.163. The van der Waals surface area contributed by atoms with Crippen LogP contribution in [0.15, 0.2) is 0 Å². The Morgan fingerprint density at radius 2 is 2.33 bits per heavy atom. The zero-order chi connectivity index (χ0) is 11.3. The molecule has 0 bridgehead atoms. The number of nitrogens with zero attached hydrogens (tertiary/aromatic N) is 2. The van der Waals surface area contributed by atoms with Gasteiger partial charge >= 0.3 is 0 Å². The van der Waals surface area contributed by atoms with E-state index in [4.69, 9.17) is 10.5 Å². The maximum absolute atomic E-state index is 11.6. The molecule has 2 N–H and O–H groups in total. The molecule has 1 unspecified atom stereocenters. The van der Waals surface area contributed by atoms with Gasteiger partial charge in [0.25, 0.3) is 0 Å². The molecule has 1 saturated heterocycles. The Balaban J connectivity index is 2.48. The average Bonchev–Trinajstić information content (AvgIpc) is 2.17. The lowest BCUT2D eigenvalue weighted by molar-refractivity contribution is -0.148. The lowest BCUT2D eigenvalue weighted by Crippen LogP contribution is -2.52. The maximum atomic E-state index is 11.6. The molecule has 1 atom stereocenters. The lowest BCUT2D eigenvalue weighted by atomic mass is 10.1. The summed E-state index contributed by atoms with van der Waals surface area (Å²) in [7, 11) is 4.01. The van der Waals surface area contributed by atoms with E-state index in [0.29, 0.717) is 13.2 Å². The van der Waals surface area contributed by atoms with Crippen molar-refractivity contribution in [1.82, 2.24) is 9.80 Å². The molecule has 0 spiro atoms. The van der Waals surface area contributed by atoms with E-state index < -0.39 is 0 Å². The quantitative estimate of drug-likeness (QED) is 0.647. The third-order valence-electron chi connectivity index (χ3n) is 2.58. The monoisotopic (exact) mass is 215 g/mol. The molecule has 15 heavy (non-hydrogen) atoms. The SMILES string of the molecule is CN(C)CCN1C(=O)COCC1CCN. The van der Waals surface area contributed by atoms with E-state index in [0.717, 1.165) is 19.5 Å². The summed E-state index contributed by atoms with van der Waals surface area (Å²) in [5, 5.41) is 0. The number of carbonyl (C=O) groups excluding carboxylic acids is 1. The van der Waals surface area contributed by atoms with Gasteiger partial charge < -0.3 is 20.3 Å². The summed E-state index contributed by atoms with van der Waals surface area (Å²) in [6.07, 6.45) is 0.819. The Morgan fingerprint density at radius 1 is 1.60 bits per heavy atom. The minimum Gasteiger partial charge on any atom is -0.369 e. The second kappa shape index (κ2) is 6.05. The first kappa shape index (κ1) is 12.4. The third kappa shape index (κ3) is 3.77. The van der Waals surface area contributed by atoms with Gasteiger partial charge in [-0.05, 0) is 27.1 Å².